The fourth-order valence-corrected chi connectivity index (χ4v) is 1.55. The van der Waals surface area contributed by atoms with Crippen molar-refractivity contribution in [1.82, 2.24) is 4.98 Å². The predicted octanol–water partition coefficient (Wildman–Crippen LogP) is 1.95. The maximum Gasteiger partial charge on any atom is 0.399 e. The van der Waals surface area contributed by atoms with Gasteiger partial charge in [0, 0.05) is 0 Å². The molecule has 62 valence electrons. The second kappa shape index (κ2) is 4.71. The first-order chi connectivity index (χ1) is 5.33. The summed E-state index contributed by atoms with van der Waals surface area (Å²) in [5, 5.41) is 0. The van der Waals surface area contributed by atoms with Crippen LogP contribution < -0.4 is 4.52 Å². The van der Waals surface area contributed by atoms with E-state index >= 15 is 0 Å². The van der Waals surface area contributed by atoms with Crippen LogP contribution in [0.2, 0.25) is 0 Å². The maximum absolute atomic E-state index is 10.7. The van der Waals surface area contributed by atoms with E-state index in [0.717, 1.165) is 0 Å². The summed E-state index contributed by atoms with van der Waals surface area (Å²) in [5.41, 5.74) is 0. The number of hydrogen-bond donors (Lipinski definition) is 1. The van der Waals surface area contributed by atoms with Gasteiger partial charge in [-0.25, -0.2) is 8.54 Å². The Morgan fingerprint density at radius 2 is 2.64 bits per heavy atom. The van der Waals surface area contributed by atoms with Gasteiger partial charge in [-0.2, -0.15) is 4.98 Å². The lowest BCUT2D eigenvalue weighted by Crippen LogP contribution is -1.79. The molecule has 0 saturated carbocycles. The third-order valence-electron chi connectivity index (χ3n) is 0.686. The minimum absolute atomic E-state index is 0.0729. The Balaban J connectivity index is 2.37. The summed E-state index contributed by atoms with van der Waals surface area (Å²) in [5.74, 6) is 0. The molecule has 0 aromatic carbocycles. The Bertz CT molecular complexity index is 227. The summed E-state index contributed by atoms with van der Waals surface area (Å²) in [6.07, 6.45) is 2.60. The van der Waals surface area contributed by atoms with E-state index < -0.39 is 8.25 Å². The van der Waals surface area contributed by atoms with E-state index in [1.807, 2.05) is 0 Å². The van der Waals surface area contributed by atoms with Gasteiger partial charge < -0.3 is 8.94 Å². The van der Waals surface area contributed by atoms with Crippen LogP contribution in [0.25, 0.3) is 0 Å². The van der Waals surface area contributed by atoms with Crippen LogP contribution in [0, 0.1) is 0 Å². The Morgan fingerprint density at radius 3 is 3.18 bits per heavy atom. The highest BCUT2D eigenvalue weighted by Crippen LogP contribution is 2.32. The first-order valence-corrected chi connectivity index (χ1v) is 5.44. The quantitative estimate of drug-likeness (QED) is 0.357. The Kier molecular flexibility index (Phi) is 3.85. The topological polar surface area (TPSA) is 61.6 Å². The first kappa shape index (κ1) is 8.99. The molecule has 5 nitrogen and oxygen atoms in total. The van der Waals surface area contributed by atoms with Gasteiger partial charge in [0.05, 0.1) is 17.3 Å². The van der Waals surface area contributed by atoms with E-state index in [-0.39, 0.29) is 6.08 Å². The average Bonchev–Trinajstić information content (AvgIpc) is 2.40. The molecule has 1 unspecified atom stereocenters. The highest BCUT2D eigenvalue weighted by molar-refractivity contribution is 8.67. The van der Waals surface area contributed by atoms with Gasteiger partial charge in [0.2, 0.25) is 0 Å². The molecule has 1 rings (SSSR count). The van der Waals surface area contributed by atoms with Crippen molar-refractivity contribution in [3.63, 3.8) is 0 Å². The van der Waals surface area contributed by atoms with Gasteiger partial charge in [-0.3, -0.25) is 0 Å². The third-order valence-corrected chi connectivity index (χ3v) is 2.54. The van der Waals surface area contributed by atoms with E-state index in [1.165, 1.54) is 12.5 Å². The molecular weight excluding hydrogens is 209 g/mol. The van der Waals surface area contributed by atoms with Crippen molar-refractivity contribution in [2.75, 3.05) is 0 Å². The summed E-state index contributed by atoms with van der Waals surface area (Å²) >= 11 is 4.26. The van der Waals surface area contributed by atoms with E-state index in [9.17, 15) is 4.57 Å². The third kappa shape index (κ3) is 3.20. The minimum atomic E-state index is -2.58. The molecule has 8 heteroatoms. The van der Waals surface area contributed by atoms with E-state index in [2.05, 4.69) is 29.6 Å². The van der Waals surface area contributed by atoms with Gasteiger partial charge in [-0.05, 0) is 0 Å². The number of thiol groups is 1. The van der Waals surface area contributed by atoms with Crippen LogP contribution in [-0.4, -0.2) is 4.98 Å². The molecule has 0 spiro atoms. The summed E-state index contributed by atoms with van der Waals surface area (Å²) in [6, 6.07) is 0. The Hall–Kier alpha value is -0.100. The molecule has 1 heterocycles. The van der Waals surface area contributed by atoms with Crippen LogP contribution in [0.1, 0.15) is 0 Å². The molecule has 1 aromatic rings. The maximum atomic E-state index is 10.7. The number of aromatic nitrogens is 1. The van der Waals surface area contributed by atoms with Gasteiger partial charge in [0.15, 0.2) is 0 Å². The van der Waals surface area contributed by atoms with E-state index in [0.29, 0.717) is 11.1 Å². The van der Waals surface area contributed by atoms with Crippen molar-refractivity contribution in [1.29, 1.82) is 0 Å². The van der Waals surface area contributed by atoms with Gasteiger partial charge in [0.1, 0.15) is 6.26 Å². The fraction of sp³-hybridized carbons (Fsp3) is 0. The largest absolute Gasteiger partial charge is 0.417 e. The SMILES string of the molecule is O=[PH](OSS)Oc1ncco1. The Labute approximate surface area is 72.4 Å². The van der Waals surface area contributed by atoms with Crippen LogP contribution in [0.15, 0.2) is 16.9 Å². The molecule has 0 aliphatic rings. The highest BCUT2D eigenvalue weighted by atomic mass is 33.1. The second-order valence-electron chi connectivity index (χ2n) is 1.31. The molecular formula is C3H4NO4PS2. The van der Waals surface area contributed by atoms with Crippen molar-refractivity contribution in [3.8, 4) is 6.08 Å². The standard InChI is InChI=1S/C3H4NO4PS2/c5-9(8-11-10)7-3-4-1-2-6-3/h1-2,9-10H. The smallest absolute Gasteiger partial charge is 0.399 e. The minimum Gasteiger partial charge on any atom is -0.417 e. The van der Waals surface area contributed by atoms with Crippen molar-refractivity contribution in [3.05, 3.63) is 12.5 Å². The van der Waals surface area contributed by atoms with Crippen LogP contribution in [0.3, 0.4) is 0 Å². The van der Waals surface area contributed by atoms with Gasteiger partial charge in [0.25, 0.3) is 0 Å². The highest BCUT2D eigenvalue weighted by Gasteiger charge is 2.04. The molecule has 0 saturated heterocycles. The number of rotatable bonds is 4. The zero-order chi connectivity index (χ0) is 8.10. The van der Waals surface area contributed by atoms with Gasteiger partial charge in [-0.1, -0.05) is 11.7 Å². The van der Waals surface area contributed by atoms with Crippen molar-refractivity contribution >= 4 is 31.0 Å². The van der Waals surface area contributed by atoms with Crippen molar-refractivity contribution < 1.29 is 17.5 Å². The average molecular weight is 213 g/mol. The van der Waals surface area contributed by atoms with Gasteiger partial charge >= 0.3 is 14.3 Å². The summed E-state index contributed by atoms with van der Waals surface area (Å²) < 4.78 is 24.3. The molecule has 0 aliphatic carbocycles. The normalized spacial score (nSPS) is 12.8. The monoisotopic (exact) mass is 213 g/mol. The number of hydrogen-bond acceptors (Lipinski definition) is 7. The van der Waals surface area contributed by atoms with Crippen LogP contribution in [0.4, 0.5) is 0 Å². The molecule has 0 amide bonds. The lowest BCUT2D eigenvalue weighted by Gasteiger charge is -1.96. The molecule has 0 radical (unpaired) electrons. The van der Waals surface area contributed by atoms with Crippen molar-refractivity contribution in [2.45, 2.75) is 0 Å². The van der Waals surface area contributed by atoms with E-state index in [1.54, 1.807) is 0 Å². The van der Waals surface area contributed by atoms with Crippen LogP contribution in [0.5, 0.6) is 6.08 Å². The van der Waals surface area contributed by atoms with Gasteiger partial charge in [-0.15, -0.1) is 0 Å². The second-order valence-corrected chi connectivity index (χ2v) is 3.28. The van der Waals surface area contributed by atoms with E-state index in [4.69, 9.17) is 0 Å². The molecule has 0 bridgehead atoms. The zero-order valence-electron chi connectivity index (χ0n) is 5.09. The number of oxazole rings is 1. The lowest BCUT2D eigenvalue weighted by atomic mass is 11.0. The van der Waals surface area contributed by atoms with Crippen molar-refractivity contribution in [2.24, 2.45) is 0 Å². The summed E-state index contributed by atoms with van der Waals surface area (Å²) in [6.45, 7) is 0. The fourth-order valence-electron chi connectivity index (χ4n) is 0.379. The number of nitrogens with zero attached hydrogens (tertiary/aromatic N) is 1. The first-order valence-electron chi connectivity index (χ1n) is 2.42. The lowest BCUT2D eigenvalue weighted by molar-refractivity contribution is 0.349. The molecule has 0 N–H and O–H groups in total. The van der Waals surface area contributed by atoms with Crippen LogP contribution in [-0.2, 0) is 8.54 Å². The molecule has 1 aromatic heterocycles. The molecule has 0 fully saturated rings. The predicted molar refractivity (Wildman–Crippen MR) is 43.8 cm³/mol. The molecule has 1 atom stereocenters. The Morgan fingerprint density at radius 1 is 1.82 bits per heavy atom. The summed E-state index contributed by atoms with van der Waals surface area (Å²) in [4.78, 5) is 3.56. The molecule has 11 heavy (non-hydrogen) atoms. The zero-order valence-corrected chi connectivity index (χ0v) is 7.80. The summed E-state index contributed by atoms with van der Waals surface area (Å²) in [7, 11) is -2.58. The molecule has 0 aliphatic heterocycles. The van der Waals surface area contributed by atoms with Crippen LogP contribution >= 0.6 is 31.0 Å².